The maximum atomic E-state index is 13.6. The summed E-state index contributed by atoms with van der Waals surface area (Å²) in [5.74, 6) is -0.252. The van der Waals surface area contributed by atoms with Gasteiger partial charge in [0.05, 0.1) is 15.4 Å². The van der Waals surface area contributed by atoms with Crippen LogP contribution in [0.4, 0.5) is 11.4 Å². The zero-order chi connectivity index (χ0) is 25.5. The summed E-state index contributed by atoms with van der Waals surface area (Å²) in [6.07, 6.45) is 2.77. The fraction of sp³-hybridized carbons (Fsp3) is 0.207. The number of rotatable bonds is 5. The molecule has 4 aromatic rings. The number of para-hydroxylation sites is 1. The summed E-state index contributed by atoms with van der Waals surface area (Å²) in [6.45, 7) is 2.42. The second-order valence-corrected chi connectivity index (χ2v) is 11.4. The van der Waals surface area contributed by atoms with E-state index in [-0.39, 0.29) is 17.7 Å². The lowest BCUT2D eigenvalue weighted by molar-refractivity contribution is 0.0952. The first-order valence-electron chi connectivity index (χ1n) is 12.3. The van der Waals surface area contributed by atoms with Crippen molar-refractivity contribution >= 4 is 51.8 Å². The van der Waals surface area contributed by atoms with Crippen molar-refractivity contribution in [2.75, 3.05) is 16.8 Å². The molecule has 1 aliphatic heterocycles. The lowest BCUT2D eigenvalue weighted by atomic mass is 10.1. The molecule has 3 amide bonds. The Hall–Kier alpha value is -3.75. The summed E-state index contributed by atoms with van der Waals surface area (Å²) in [7, 11) is 0. The molecule has 0 bridgehead atoms. The molecule has 0 radical (unpaired) electrons. The summed E-state index contributed by atoms with van der Waals surface area (Å²) in [5, 5.41) is 7.88. The van der Waals surface area contributed by atoms with Gasteiger partial charge in [-0.3, -0.25) is 14.4 Å². The van der Waals surface area contributed by atoms with Gasteiger partial charge in [0.2, 0.25) is 0 Å². The number of thiophene rings is 2. The topological polar surface area (TPSA) is 78.5 Å². The van der Waals surface area contributed by atoms with Gasteiger partial charge in [-0.15, -0.1) is 22.7 Å². The smallest absolute Gasteiger partial charge is 0.265 e. The van der Waals surface area contributed by atoms with Gasteiger partial charge in [0, 0.05) is 34.3 Å². The third-order valence-corrected chi connectivity index (χ3v) is 8.92. The van der Waals surface area contributed by atoms with Crippen LogP contribution in [-0.4, -0.2) is 30.3 Å². The van der Waals surface area contributed by atoms with Gasteiger partial charge >= 0.3 is 0 Å². The summed E-state index contributed by atoms with van der Waals surface area (Å²) >= 11 is 2.90. The number of aryl methyl sites for hydroxylation is 1. The van der Waals surface area contributed by atoms with E-state index in [0.717, 1.165) is 45.0 Å². The van der Waals surface area contributed by atoms with Crippen LogP contribution in [0.15, 0.2) is 66.0 Å². The highest BCUT2D eigenvalue weighted by molar-refractivity contribution is 7.17. The minimum absolute atomic E-state index is 0.00703. The predicted octanol–water partition coefficient (Wildman–Crippen LogP) is 6.13. The van der Waals surface area contributed by atoms with Gasteiger partial charge in [-0.05, 0) is 85.2 Å². The van der Waals surface area contributed by atoms with Gasteiger partial charge in [-0.2, -0.15) is 0 Å². The van der Waals surface area contributed by atoms with Crippen molar-refractivity contribution in [1.82, 2.24) is 5.32 Å². The van der Waals surface area contributed by atoms with E-state index in [1.54, 1.807) is 24.3 Å². The van der Waals surface area contributed by atoms with E-state index < -0.39 is 0 Å². The molecule has 37 heavy (non-hydrogen) atoms. The van der Waals surface area contributed by atoms with Crippen molar-refractivity contribution in [2.24, 2.45) is 0 Å². The van der Waals surface area contributed by atoms with E-state index in [1.807, 2.05) is 53.6 Å². The highest BCUT2D eigenvalue weighted by atomic mass is 32.1. The summed E-state index contributed by atoms with van der Waals surface area (Å²) in [4.78, 5) is 43.1. The molecule has 0 spiro atoms. The molecular formula is C29H25N3O3S2. The van der Waals surface area contributed by atoms with Crippen molar-refractivity contribution in [2.45, 2.75) is 32.2 Å². The molecule has 2 N–H and O–H groups in total. The highest BCUT2D eigenvalue weighted by Gasteiger charge is 2.29. The van der Waals surface area contributed by atoms with Crippen LogP contribution >= 0.6 is 22.7 Å². The Balaban J connectivity index is 1.23. The van der Waals surface area contributed by atoms with Crippen LogP contribution in [-0.2, 0) is 6.42 Å². The lowest BCUT2D eigenvalue weighted by Crippen LogP contribution is -2.32. The molecule has 0 saturated heterocycles. The van der Waals surface area contributed by atoms with Crippen LogP contribution in [0.2, 0.25) is 0 Å². The predicted molar refractivity (Wildman–Crippen MR) is 149 cm³/mol. The van der Waals surface area contributed by atoms with Crippen molar-refractivity contribution < 1.29 is 14.4 Å². The quantitative estimate of drug-likeness (QED) is 0.328. The second-order valence-electron chi connectivity index (χ2n) is 9.40. The minimum Gasteiger partial charge on any atom is -0.349 e. The molecule has 1 aliphatic carbocycles. The number of nitrogens with zero attached hydrogens (tertiary/aromatic N) is 1. The Kier molecular flexibility index (Phi) is 6.14. The Bertz CT molecular complexity index is 1520. The van der Waals surface area contributed by atoms with Crippen LogP contribution in [0.5, 0.6) is 0 Å². The Morgan fingerprint density at radius 1 is 0.973 bits per heavy atom. The molecular weight excluding hydrogens is 502 g/mol. The molecule has 2 aliphatic rings. The number of carbonyl (C=O) groups excluding carboxylic acids is 3. The normalized spacial score (nSPS) is 14.4. The van der Waals surface area contributed by atoms with Crippen LogP contribution < -0.4 is 15.5 Å². The number of carbonyl (C=O) groups is 3. The molecule has 0 atom stereocenters. The van der Waals surface area contributed by atoms with Crippen LogP contribution in [0.3, 0.4) is 0 Å². The molecule has 1 saturated carbocycles. The largest absolute Gasteiger partial charge is 0.349 e. The highest BCUT2D eigenvalue weighted by Crippen LogP contribution is 2.42. The van der Waals surface area contributed by atoms with E-state index >= 15 is 0 Å². The van der Waals surface area contributed by atoms with Crippen LogP contribution in [0, 0.1) is 6.92 Å². The van der Waals surface area contributed by atoms with E-state index in [9.17, 15) is 14.4 Å². The Morgan fingerprint density at radius 3 is 2.49 bits per heavy atom. The second kappa shape index (κ2) is 9.61. The number of benzene rings is 2. The van der Waals surface area contributed by atoms with Gasteiger partial charge < -0.3 is 15.5 Å². The number of nitrogens with one attached hydrogen (secondary N) is 2. The standard InChI is InChI=1S/C29H25N3O3S2/c1-17-13-15-36-25(17)28(34)31-20-8-6-18(7-9-20)29(35)32-14-12-19-16-24(27(33)30-21-10-11-21)37-26(19)22-4-2-3-5-23(22)32/h2-9,13,15-16,21H,10-12,14H2,1H3,(H,30,33)(H,31,34). The number of hydrogen-bond donors (Lipinski definition) is 2. The molecule has 2 aromatic carbocycles. The SMILES string of the molecule is Cc1ccsc1C(=O)Nc1ccc(C(=O)N2CCc3cc(C(=O)NC4CC4)sc3-c3ccccc32)cc1. The molecule has 186 valence electrons. The van der Waals surface area contributed by atoms with Gasteiger partial charge in [0.25, 0.3) is 17.7 Å². The number of amides is 3. The fourth-order valence-corrected chi connectivity index (χ4v) is 6.52. The van der Waals surface area contributed by atoms with Gasteiger partial charge in [-0.1, -0.05) is 18.2 Å². The maximum absolute atomic E-state index is 13.6. The summed E-state index contributed by atoms with van der Waals surface area (Å²) < 4.78 is 0. The maximum Gasteiger partial charge on any atom is 0.265 e. The van der Waals surface area contributed by atoms with E-state index in [2.05, 4.69) is 10.6 Å². The minimum atomic E-state index is -0.149. The number of fused-ring (bicyclic) bond motifs is 3. The van der Waals surface area contributed by atoms with Crippen molar-refractivity contribution in [3.8, 4) is 10.4 Å². The van der Waals surface area contributed by atoms with Crippen molar-refractivity contribution in [3.63, 3.8) is 0 Å². The number of anilines is 2. The van der Waals surface area contributed by atoms with Gasteiger partial charge in [0.15, 0.2) is 0 Å². The molecule has 6 nitrogen and oxygen atoms in total. The van der Waals surface area contributed by atoms with E-state index in [1.165, 1.54) is 22.7 Å². The van der Waals surface area contributed by atoms with E-state index in [0.29, 0.717) is 35.1 Å². The monoisotopic (exact) mass is 527 g/mol. The fourth-order valence-electron chi connectivity index (χ4n) is 4.55. The first-order valence-corrected chi connectivity index (χ1v) is 14.0. The molecule has 6 rings (SSSR count). The first kappa shape index (κ1) is 23.6. The Labute approximate surface area is 223 Å². The van der Waals surface area contributed by atoms with Crippen molar-refractivity contribution in [3.05, 3.63) is 92.5 Å². The first-order chi connectivity index (χ1) is 18.0. The molecule has 3 heterocycles. The van der Waals surface area contributed by atoms with Crippen LogP contribution in [0.25, 0.3) is 10.4 Å². The average Bonchev–Trinajstić information content (AvgIpc) is 3.49. The summed E-state index contributed by atoms with van der Waals surface area (Å²) in [6, 6.07) is 19.1. The number of hydrogen-bond acceptors (Lipinski definition) is 5. The molecule has 2 aromatic heterocycles. The van der Waals surface area contributed by atoms with Crippen molar-refractivity contribution in [1.29, 1.82) is 0 Å². The zero-order valence-corrected chi connectivity index (χ0v) is 21.9. The lowest BCUT2D eigenvalue weighted by Gasteiger charge is -2.23. The van der Waals surface area contributed by atoms with Gasteiger partial charge in [-0.25, -0.2) is 0 Å². The van der Waals surface area contributed by atoms with Gasteiger partial charge in [0.1, 0.15) is 0 Å². The zero-order valence-electron chi connectivity index (χ0n) is 20.2. The summed E-state index contributed by atoms with van der Waals surface area (Å²) in [5.41, 5.74) is 5.04. The average molecular weight is 528 g/mol. The Morgan fingerprint density at radius 2 is 1.76 bits per heavy atom. The molecule has 0 unspecified atom stereocenters. The van der Waals surface area contributed by atoms with E-state index in [4.69, 9.17) is 0 Å². The molecule has 8 heteroatoms. The molecule has 1 fully saturated rings. The third-order valence-electron chi connectivity index (χ3n) is 6.69. The van der Waals surface area contributed by atoms with Crippen LogP contribution in [0.1, 0.15) is 53.7 Å². The third kappa shape index (κ3) is 4.70.